The summed E-state index contributed by atoms with van der Waals surface area (Å²) in [6.07, 6.45) is 0. The molecule has 1 aromatic heterocycles. The van der Waals surface area contributed by atoms with Crippen molar-refractivity contribution < 1.29 is 9.52 Å². The summed E-state index contributed by atoms with van der Waals surface area (Å²) in [6.45, 7) is 1.87. The number of aromatic hydroxyl groups is 1. The molecule has 3 aromatic rings. The van der Waals surface area contributed by atoms with Gasteiger partial charge in [-0.15, -0.1) is 0 Å². The molecule has 0 aliphatic carbocycles. The van der Waals surface area contributed by atoms with Gasteiger partial charge in [0.2, 0.25) is 11.2 Å². The van der Waals surface area contributed by atoms with Crippen molar-refractivity contribution in [3.05, 3.63) is 63.3 Å². The van der Waals surface area contributed by atoms with Crippen LogP contribution in [0.1, 0.15) is 5.56 Å². The van der Waals surface area contributed by atoms with Gasteiger partial charge in [0.25, 0.3) is 0 Å². The van der Waals surface area contributed by atoms with Crippen LogP contribution in [0, 0.1) is 6.92 Å². The predicted molar refractivity (Wildman–Crippen MR) is 79.3 cm³/mol. The van der Waals surface area contributed by atoms with Crippen LogP contribution >= 0.6 is 11.6 Å². The van der Waals surface area contributed by atoms with Crippen molar-refractivity contribution in [3.8, 4) is 17.1 Å². The van der Waals surface area contributed by atoms with Crippen molar-refractivity contribution in [2.24, 2.45) is 0 Å². The first-order valence-electron chi connectivity index (χ1n) is 6.09. The van der Waals surface area contributed by atoms with Crippen LogP contribution in [0.2, 0.25) is 5.02 Å². The SMILES string of the molecule is Cc1ccc2oc(-c3ccccc3Cl)c(O)c(=O)c2c1. The zero-order valence-electron chi connectivity index (χ0n) is 10.7. The summed E-state index contributed by atoms with van der Waals surface area (Å²) in [4.78, 5) is 12.2. The lowest BCUT2D eigenvalue weighted by Crippen LogP contribution is -2.03. The molecule has 0 amide bonds. The van der Waals surface area contributed by atoms with Gasteiger partial charge in [-0.25, -0.2) is 0 Å². The van der Waals surface area contributed by atoms with E-state index in [2.05, 4.69) is 0 Å². The standard InChI is InChI=1S/C16H11ClO3/c1-9-6-7-13-11(8-9)14(18)15(19)16(20-13)10-4-2-3-5-12(10)17/h2-8,19H,1H3. The fourth-order valence-corrected chi connectivity index (χ4v) is 2.35. The number of fused-ring (bicyclic) bond motifs is 1. The Bertz CT molecular complexity index is 865. The van der Waals surface area contributed by atoms with E-state index in [4.69, 9.17) is 16.0 Å². The van der Waals surface area contributed by atoms with E-state index in [0.717, 1.165) is 5.56 Å². The van der Waals surface area contributed by atoms with Crippen LogP contribution in [0.3, 0.4) is 0 Å². The third-order valence-corrected chi connectivity index (χ3v) is 3.47. The fourth-order valence-electron chi connectivity index (χ4n) is 2.13. The maximum Gasteiger partial charge on any atom is 0.235 e. The van der Waals surface area contributed by atoms with Crippen molar-refractivity contribution in [2.45, 2.75) is 6.92 Å². The Morgan fingerprint density at radius 1 is 1.15 bits per heavy atom. The molecule has 0 spiro atoms. The number of rotatable bonds is 1. The fraction of sp³-hybridized carbons (Fsp3) is 0.0625. The van der Waals surface area contributed by atoms with E-state index < -0.39 is 11.2 Å². The minimum atomic E-state index is -0.454. The van der Waals surface area contributed by atoms with Crippen LogP contribution in [0.5, 0.6) is 5.75 Å². The van der Waals surface area contributed by atoms with Gasteiger partial charge in [0, 0.05) is 5.56 Å². The predicted octanol–water partition coefficient (Wildman–Crippen LogP) is 4.13. The summed E-state index contributed by atoms with van der Waals surface area (Å²) < 4.78 is 5.66. The first-order chi connectivity index (χ1) is 9.58. The molecular formula is C16H11ClO3. The molecule has 4 heteroatoms. The van der Waals surface area contributed by atoms with Crippen LogP contribution < -0.4 is 5.43 Å². The quantitative estimate of drug-likeness (QED) is 0.732. The van der Waals surface area contributed by atoms with Gasteiger partial charge in [0.15, 0.2) is 5.76 Å². The van der Waals surface area contributed by atoms with Crippen LogP contribution in [0.15, 0.2) is 51.7 Å². The van der Waals surface area contributed by atoms with E-state index in [-0.39, 0.29) is 5.76 Å². The van der Waals surface area contributed by atoms with Gasteiger partial charge in [0.1, 0.15) is 5.58 Å². The van der Waals surface area contributed by atoms with Gasteiger partial charge in [-0.3, -0.25) is 4.79 Å². The topological polar surface area (TPSA) is 50.4 Å². The van der Waals surface area contributed by atoms with Crippen LogP contribution in [-0.2, 0) is 0 Å². The van der Waals surface area contributed by atoms with E-state index in [1.165, 1.54) is 0 Å². The van der Waals surface area contributed by atoms with Gasteiger partial charge >= 0.3 is 0 Å². The number of hydrogen-bond acceptors (Lipinski definition) is 3. The van der Waals surface area contributed by atoms with Gasteiger partial charge in [-0.05, 0) is 31.2 Å². The number of hydrogen-bond donors (Lipinski definition) is 1. The molecule has 1 heterocycles. The smallest absolute Gasteiger partial charge is 0.235 e. The molecule has 0 fully saturated rings. The zero-order valence-corrected chi connectivity index (χ0v) is 11.4. The molecule has 100 valence electrons. The second kappa shape index (κ2) is 4.69. The molecule has 0 radical (unpaired) electrons. The van der Waals surface area contributed by atoms with Crippen molar-refractivity contribution in [3.63, 3.8) is 0 Å². The van der Waals surface area contributed by atoms with Crippen molar-refractivity contribution >= 4 is 22.6 Å². The van der Waals surface area contributed by atoms with Gasteiger partial charge < -0.3 is 9.52 Å². The molecule has 0 bridgehead atoms. The van der Waals surface area contributed by atoms with Crippen LogP contribution in [-0.4, -0.2) is 5.11 Å². The minimum Gasteiger partial charge on any atom is -0.502 e. The molecule has 0 saturated carbocycles. The van der Waals surface area contributed by atoms with Gasteiger partial charge in [-0.2, -0.15) is 0 Å². The second-order valence-electron chi connectivity index (χ2n) is 4.59. The Morgan fingerprint density at radius 3 is 2.65 bits per heavy atom. The second-order valence-corrected chi connectivity index (χ2v) is 5.00. The lowest BCUT2D eigenvalue weighted by molar-refractivity contribution is 0.449. The number of benzene rings is 2. The zero-order chi connectivity index (χ0) is 14.3. The minimum absolute atomic E-state index is 0.0944. The van der Waals surface area contributed by atoms with Crippen molar-refractivity contribution in [1.82, 2.24) is 0 Å². The molecule has 3 nitrogen and oxygen atoms in total. The molecule has 1 N–H and O–H groups in total. The Morgan fingerprint density at radius 2 is 1.90 bits per heavy atom. The highest BCUT2D eigenvalue weighted by atomic mass is 35.5. The summed E-state index contributed by atoms with van der Waals surface area (Å²) in [5.41, 5.74) is 1.39. The molecule has 0 unspecified atom stereocenters. The van der Waals surface area contributed by atoms with E-state index in [1.807, 2.05) is 13.0 Å². The average molecular weight is 287 g/mol. The van der Waals surface area contributed by atoms with E-state index in [9.17, 15) is 9.90 Å². The summed E-state index contributed by atoms with van der Waals surface area (Å²) in [7, 11) is 0. The van der Waals surface area contributed by atoms with Crippen molar-refractivity contribution in [2.75, 3.05) is 0 Å². The Kier molecular flexibility index (Phi) is 2.99. The third kappa shape index (κ3) is 1.96. The molecular weight excluding hydrogens is 276 g/mol. The lowest BCUT2D eigenvalue weighted by atomic mass is 10.1. The number of aryl methyl sites for hydroxylation is 1. The maximum atomic E-state index is 12.2. The van der Waals surface area contributed by atoms with E-state index in [0.29, 0.717) is 21.6 Å². The van der Waals surface area contributed by atoms with Crippen LogP contribution in [0.4, 0.5) is 0 Å². The highest BCUT2D eigenvalue weighted by molar-refractivity contribution is 6.33. The maximum absolute atomic E-state index is 12.2. The molecule has 0 aliphatic rings. The highest BCUT2D eigenvalue weighted by Crippen LogP contribution is 2.34. The molecule has 0 aliphatic heterocycles. The lowest BCUT2D eigenvalue weighted by Gasteiger charge is -2.07. The van der Waals surface area contributed by atoms with Gasteiger partial charge in [0.05, 0.1) is 10.4 Å². The summed E-state index contributed by atoms with van der Waals surface area (Å²) in [5.74, 6) is -0.326. The summed E-state index contributed by atoms with van der Waals surface area (Å²) >= 11 is 6.09. The van der Waals surface area contributed by atoms with E-state index >= 15 is 0 Å². The van der Waals surface area contributed by atoms with E-state index in [1.54, 1.807) is 36.4 Å². The monoisotopic (exact) mass is 286 g/mol. The number of halogens is 1. The third-order valence-electron chi connectivity index (χ3n) is 3.14. The summed E-state index contributed by atoms with van der Waals surface area (Å²) in [6, 6.07) is 12.2. The van der Waals surface area contributed by atoms with Gasteiger partial charge in [-0.1, -0.05) is 35.4 Å². The highest BCUT2D eigenvalue weighted by Gasteiger charge is 2.17. The van der Waals surface area contributed by atoms with Crippen molar-refractivity contribution in [1.29, 1.82) is 0 Å². The Balaban J connectivity index is 2.39. The molecule has 3 rings (SSSR count). The Hall–Kier alpha value is -2.26. The van der Waals surface area contributed by atoms with Crippen LogP contribution in [0.25, 0.3) is 22.3 Å². The first-order valence-corrected chi connectivity index (χ1v) is 6.47. The largest absolute Gasteiger partial charge is 0.502 e. The molecule has 2 aromatic carbocycles. The first kappa shape index (κ1) is 12.8. The molecule has 0 atom stereocenters. The Labute approximate surface area is 120 Å². The average Bonchev–Trinajstić information content (AvgIpc) is 2.44. The molecule has 20 heavy (non-hydrogen) atoms. The normalized spacial score (nSPS) is 10.9. The summed E-state index contributed by atoms with van der Waals surface area (Å²) in [5, 5.41) is 10.9. The molecule has 0 saturated heterocycles.